The van der Waals surface area contributed by atoms with Crippen molar-refractivity contribution in [2.24, 2.45) is 5.73 Å². The van der Waals surface area contributed by atoms with E-state index in [1.807, 2.05) is 4.90 Å². The molecule has 2 N–H and O–H groups in total. The molecule has 5 nitrogen and oxygen atoms in total. The van der Waals surface area contributed by atoms with E-state index in [0.29, 0.717) is 36.5 Å². The largest absolute Gasteiger partial charge is 0.492 e. The number of amides is 1. The van der Waals surface area contributed by atoms with Gasteiger partial charge in [-0.1, -0.05) is 15.9 Å². The van der Waals surface area contributed by atoms with Crippen LogP contribution in [0.2, 0.25) is 0 Å². The molecule has 1 aromatic rings. The van der Waals surface area contributed by atoms with Crippen molar-refractivity contribution in [3.63, 3.8) is 0 Å². The number of hydrogen-bond donors (Lipinski definition) is 1. The fraction of sp³-hybridized carbons (Fsp3) is 0.462. The van der Waals surface area contributed by atoms with Gasteiger partial charge in [-0.3, -0.25) is 9.69 Å². The molecule has 2 rings (SSSR count). The van der Waals surface area contributed by atoms with E-state index in [1.165, 1.54) is 12.1 Å². The number of nitrogens with zero attached hydrogens (tertiary/aromatic N) is 1. The molecule has 110 valence electrons. The van der Waals surface area contributed by atoms with Crippen LogP contribution in [0.1, 0.15) is 0 Å². The fourth-order valence-electron chi connectivity index (χ4n) is 1.98. The molecule has 1 fully saturated rings. The first-order valence-corrected chi connectivity index (χ1v) is 7.06. The highest BCUT2D eigenvalue weighted by Crippen LogP contribution is 2.20. The van der Waals surface area contributed by atoms with Gasteiger partial charge in [-0.2, -0.15) is 0 Å². The van der Waals surface area contributed by atoms with Gasteiger partial charge in [0.05, 0.1) is 6.61 Å². The molecule has 1 heterocycles. The van der Waals surface area contributed by atoms with Gasteiger partial charge in [-0.25, -0.2) is 4.39 Å². The van der Waals surface area contributed by atoms with Gasteiger partial charge in [-0.15, -0.1) is 0 Å². The lowest BCUT2D eigenvalue weighted by atomic mass is 10.2. The van der Waals surface area contributed by atoms with Crippen LogP contribution in [-0.4, -0.2) is 49.8 Å². The minimum Gasteiger partial charge on any atom is -0.492 e. The van der Waals surface area contributed by atoms with E-state index in [2.05, 4.69) is 15.9 Å². The molecule has 7 heteroatoms. The standard InChI is InChI=1S/C13H16BrFN2O3/c14-9-5-10(15)7-11(6-9)19-3-1-17-2-4-20-12(8-17)13(16)18/h5-7,12H,1-4,8H2,(H2,16,18). The summed E-state index contributed by atoms with van der Waals surface area (Å²) in [7, 11) is 0. The van der Waals surface area contributed by atoms with Crippen LogP contribution in [0.3, 0.4) is 0 Å². The van der Waals surface area contributed by atoms with Crippen molar-refractivity contribution in [2.45, 2.75) is 6.10 Å². The highest BCUT2D eigenvalue weighted by atomic mass is 79.9. The Bertz CT molecular complexity index is 466. The van der Waals surface area contributed by atoms with E-state index in [9.17, 15) is 9.18 Å². The van der Waals surface area contributed by atoms with Gasteiger partial charge < -0.3 is 15.2 Å². The van der Waals surface area contributed by atoms with Gasteiger partial charge in [0.25, 0.3) is 0 Å². The van der Waals surface area contributed by atoms with Crippen molar-refractivity contribution < 1.29 is 18.7 Å². The van der Waals surface area contributed by atoms with E-state index >= 15 is 0 Å². The summed E-state index contributed by atoms with van der Waals surface area (Å²) in [6.45, 7) is 2.69. The average molecular weight is 347 g/mol. The molecule has 1 saturated heterocycles. The van der Waals surface area contributed by atoms with Gasteiger partial charge in [-0.05, 0) is 12.1 Å². The van der Waals surface area contributed by atoms with E-state index in [4.69, 9.17) is 15.2 Å². The topological polar surface area (TPSA) is 64.8 Å². The number of rotatable bonds is 5. The Kier molecular flexibility index (Phi) is 5.33. The van der Waals surface area contributed by atoms with Gasteiger partial charge in [0, 0.05) is 30.2 Å². The SMILES string of the molecule is NC(=O)C1CN(CCOc2cc(F)cc(Br)c2)CCO1. The summed E-state index contributed by atoms with van der Waals surface area (Å²) in [5, 5.41) is 0. The predicted molar refractivity (Wildman–Crippen MR) is 75.0 cm³/mol. The molecular weight excluding hydrogens is 331 g/mol. The van der Waals surface area contributed by atoms with Crippen molar-refractivity contribution in [2.75, 3.05) is 32.8 Å². The first-order valence-electron chi connectivity index (χ1n) is 6.27. The van der Waals surface area contributed by atoms with Crippen LogP contribution in [0.25, 0.3) is 0 Å². The fourth-order valence-corrected chi connectivity index (χ4v) is 2.43. The first kappa shape index (κ1) is 15.2. The number of primary amides is 1. The Balaban J connectivity index is 1.79. The molecule has 1 atom stereocenters. The molecule has 0 bridgehead atoms. The molecule has 1 amide bonds. The summed E-state index contributed by atoms with van der Waals surface area (Å²) in [5.74, 6) is -0.337. The number of benzene rings is 1. The van der Waals surface area contributed by atoms with Crippen LogP contribution in [0.4, 0.5) is 4.39 Å². The number of morpholine rings is 1. The van der Waals surface area contributed by atoms with Gasteiger partial charge in [0.15, 0.2) is 0 Å². The maximum absolute atomic E-state index is 13.2. The van der Waals surface area contributed by atoms with Gasteiger partial charge in [0.2, 0.25) is 5.91 Å². The smallest absolute Gasteiger partial charge is 0.247 e. The Morgan fingerprint density at radius 2 is 2.35 bits per heavy atom. The number of carbonyl (C=O) groups is 1. The van der Waals surface area contributed by atoms with Crippen LogP contribution in [0, 0.1) is 5.82 Å². The summed E-state index contributed by atoms with van der Waals surface area (Å²) >= 11 is 3.21. The Hall–Kier alpha value is -1.18. The molecule has 0 aromatic heterocycles. The van der Waals surface area contributed by atoms with Crippen molar-refractivity contribution in [3.8, 4) is 5.75 Å². The third kappa shape index (κ3) is 4.43. The quantitative estimate of drug-likeness (QED) is 0.868. The second kappa shape index (κ2) is 7.01. The highest BCUT2D eigenvalue weighted by molar-refractivity contribution is 9.10. The van der Waals surface area contributed by atoms with Crippen LogP contribution < -0.4 is 10.5 Å². The average Bonchev–Trinajstić information content (AvgIpc) is 2.38. The Labute approximate surface area is 125 Å². The maximum Gasteiger partial charge on any atom is 0.247 e. The summed E-state index contributed by atoms with van der Waals surface area (Å²) in [4.78, 5) is 13.1. The monoisotopic (exact) mass is 346 g/mol. The molecule has 1 unspecified atom stereocenters. The van der Waals surface area contributed by atoms with Gasteiger partial charge in [0.1, 0.15) is 24.3 Å². The second-order valence-corrected chi connectivity index (χ2v) is 5.43. The maximum atomic E-state index is 13.2. The van der Waals surface area contributed by atoms with Crippen molar-refractivity contribution in [3.05, 3.63) is 28.5 Å². The minimum absolute atomic E-state index is 0.352. The van der Waals surface area contributed by atoms with E-state index < -0.39 is 12.0 Å². The minimum atomic E-state index is -0.563. The summed E-state index contributed by atoms with van der Waals surface area (Å²) in [5.41, 5.74) is 5.21. The molecule has 1 aliphatic heterocycles. The highest BCUT2D eigenvalue weighted by Gasteiger charge is 2.24. The molecule has 0 aliphatic carbocycles. The zero-order valence-electron chi connectivity index (χ0n) is 10.9. The summed E-state index contributed by atoms with van der Waals surface area (Å²) < 4.78 is 24.5. The first-order chi connectivity index (χ1) is 9.54. The number of carbonyl (C=O) groups excluding carboxylic acids is 1. The molecule has 0 radical (unpaired) electrons. The van der Waals surface area contributed by atoms with Crippen LogP contribution >= 0.6 is 15.9 Å². The number of halogens is 2. The molecule has 0 spiro atoms. The van der Waals surface area contributed by atoms with E-state index in [0.717, 1.165) is 6.54 Å². The molecule has 0 saturated carbocycles. The predicted octanol–water partition coefficient (Wildman–Crippen LogP) is 1.15. The lowest BCUT2D eigenvalue weighted by molar-refractivity contribution is -0.135. The van der Waals surface area contributed by atoms with Crippen molar-refractivity contribution >= 4 is 21.8 Å². The Morgan fingerprint density at radius 3 is 3.05 bits per heavy atom. The van der Waals surface area contributed by atoms with Crippen LogP contribution in [-0.2, 0) is 9.53 Å². The number of nitrogens with two attached hydrogens (primary N) is 1. The lowest BCUT2D eigenvalue weighted by Crippen LogP contribution is -2.49. The van der Waals surface area contributed by atoms with E-state index in [-0.39, 0.29) is 5.82 Å². The van der Waals surface area contributed by atoms with E-state index in [1.54, 1.807) is 6.07 Å². The molecule has 20 heavy (non-hydrogen) atoms. The van der Waals surface area contributed by atoms with Crippen LogP contribution in [0.15, 0.2) is 22.7 Å². The van der Waals surface area contributed by atoms with Crippen molar-refractivity contribution in [1.29, 1.82) is 0 Å². The second-order valence-electron chi connectivity index (χ2n) is 4.52. The zero-order valence-corrected chi connectivity index (χ0v) is 12.4. The Morgan fingerprint density at radius 1 is 1.55 bits per heavy atom. The van der Waals surface area contributed by atoms with Crippen LogP contribution in [0.5, 0.6) is 5.75 Å². The zero-order chi connectivity index (χ0) is 14.5. The summed E-state index contributed by atoms with van der Waals surface area (Å²) in [6.07, 6.45) is -0.563. The van der Waals surface area contributed by atoms with Gasteiger partial charge >= 0.3 is 0 Å². The van der Waals surface area contributed by atoms with Crippen molar-refractivity contribution in [1.82, 2.24) is 4.90 Å². The molecular formula is C13H16BrFN2O3. The molecule has 1 aliphatic rings. The number of ether oxygens (including phenoxy) is 2. The lowest BCUT2D eigenvalue weighted by Gasteiger charge is -2.31. The number of hydrogen-bond acceptors (Lipinski definition) is 4. The third-order valence-electron chi connectivity index (χ3n) is 2.98. The normalized spacial score (nSPS) is 19.8. The third-order valence-corrected chi connectivity index (χ3v) is 3.44. The summed E-state index contributed by atoms with van der Waals surface area (Å²) in [6, 6.07) is 4.40. The molecule has 1 aromatic carbocycles.